The normalized spacial score (nSPS) is 14.6. The highest BCUT2D eigenvalue weighted by molar-refractivity contribution is 5.90. The minimum absolute atomic E-state index is 0.298. The summed E-state index contributed by atoms with van der Waals surface area (Å²) in [7, 11) is 0. The van der Waals surface area contributed by atoms with Gasteiger partial charge >= 0.3 is 5.97 Å². The number of benzene rings is 1. The highest BCUT2D eigenvalue weighted by Gasteiger charge is 2.30. The number of nitrogens with zero attached hydrogens (tertiary/aromatic N) is 4. The Morgan fingerprint density at radius 1 is 1.37 bits per heavy atom. The summed E-state index contributed by atoms with van der Waals surface area (Å²) in [5, 5.41) is 21.0. The molecule has 0 spiro atoms. The van der Waals surface area contributed by atoms with Crippen LogP contribution < -0.4 is 0 Å². The van der Waals surface area contributed by atoms with Gasteiger partial charge in [0.05, 0.1) is 11.3 Å². The summed E-state index contributed by atoms with van der Waals surface area (Å²) in [5.74, 6) is 0.299. The van der Waals surface area contributed by atoms with Crippen LogP contribution in [0.1, 0.15) is 46.1 Å². The second-order valence-corrected chi connectivity index (χ2v) is 4.96. The van der Waals surface area contributed by atoms with Crippen LogP contribution in [0.25, 0.3) is 5.69 Å². The van der Waals surface area contributed by atoms with Crippen molar-refractivity contribution in [2.75, 3.05) is 0 Å². The van der Waals surface area contributed by atoms with Gasteiger partial charge in [-0.1, -0.05) is 0 Å². The van der Waals surface area contributed by atoms with Crippen molar-refractivity contribution in [1.29, 1.82) is 0 Å². The van der Waals surface area contributed by atoms with Gasteiger partial charge in [0, 0.05) is 5.92 Å². The Bertz CT molecular complexity index is 659. The molecule has 1 aliphatic rings. The van der Waals surface area contributed by atoms with Crippen LogP contribution in [-0.2, 0) is 0 Å². The monoisotopic (exact) mass is 258 g/mol. The van der Waals surface area contributed by atoms with E-state index in [0.717, 1.165) is 29.8 Å². The summed E-state index contributed by atoms with van der Waals surface area (Å²) in [6, 6.07) is 3.55. The summed E-state index contributed by atoms with van der Waals surface area (Å²) >= 11 is 0. The fourth-order valence-corrected chi connectivity index (χ4v) is 2.16. The zero-order valence-corrected chi connectivity index (χ0v) is 10.8. The van der Waals surface area contributed by atoms with Crippen LogP contribution in [0.4, 0.5) is 0 Å². The van der Waals surface area contributed by atoms with Gasteiger partial charge in [-0.25, -0.2) is 4.79 Å². The Labute approximate surface area is 110 Å². The first-order valence-electron chi connectivity index (χ1n) is 6.21. The van der Waals surface area contributed by atoms with Crippen LogP contribution in [0.2, 0.25) is 0 Å². The molecule has 1 fully saturated rings. The zero-order chi connectivity index (χ0) is 13.6. The maximum Gasteiger partial charge on any atom is 0.336 e. The van der Waals surface area contributed by atoms with E-state index in [4.69, 9.17) is 0 Å². The van der Waals surface area contributed by atoms with Gasteiger partial charge in [-0.05, 0) is 60.4 Å². The van der Waals surface area contributed by atoms with Crippen molar-refractivity contribution in [3.05, 3.63) is 34.6 Å². The highest BCUT2D eigenvalue weighted by Crippen LogP contribution is 2.39. The summed E-state index contributed by atoms with van der Waals surface area (Å²) < 4.78 is 1.65. The summed E-state index contributed by atoms with van der Waals surface area (Å²) in [6.07, 6.45) is 2.19. The van der Waals surface area contributed by atoms with Crippen molar-refractivity contribution in [1.82, 2.24) is 20.2 Å². The van der Waals surface area contributed by atoms with Crippen molar-refractivity contribution in [2.24, 2.45) is 0 Å². The molecule has 1 aromatic heterocycles. The summed E-state index contributed by atoms with van der Waals surface area (Å²) in [6.45, 7) is 3.70. The van der Waals surface area contributed by atoms with Crippen LogP contribution in [0, 0.1) is 13.8 Å². The molecule has 19 heavy (non-hydrogen) atoms. The third-order valence-corrected chi connectivity index (χ3v) is 3.56. The van der Waals surface area contributed by atoms with Gasteiger partial charge in [-0.2, -0.15) is 4.68 Å². The van der Waals surface area contributed by atoms with Crippen molar-refractivity contribution >= 4 is 5.97 Å². The van der Waals surface area contributed by atoms with E-state index in [1.165, 1.54) is 0 Å². The first-order chi connectivity index (χ1) is 9.08. The molecule has 0 amide bonds. The van der Waals surface area contributed by atoms with Crippen molar-refractivity contribution < 1.29 is 9.90 Å². The number of tetrazole rings is 1. The summed E-state index contributed by atoms with van der Waals surface area (Å²) in [5.41, 5.74) is 2.71. The first-order valence-corrected chi connectivity index (χ1v) is 6.21. The number of rotatable bonds is 3. The lowest BCUT2D eigenvalue weighted by molar-refractivity contribution is 0.0696. The molecule has 1 N–H and O–H groups in total. The van der Waals surface area contributed by atoms with E-state index >= 15 is 0 Å². The van der Waals surface area contributed by atoms with Gasteiger partial charge in [0.1, 0.15) is 0 Å². The molecule has 0 saturated heterocycles. The van der Waals surface area contributed by atoms with Crippen LogP contribution in [0.15, 0.2) is 12.1 Å². The molecule has 0 bridgehead atoms. The lowest BCUT2D eigenvalue weighted by Gasteiger charge is -2.10. The number of carboxylic acids is 1. The predicted molar refractivity (Wildman–Crippen MR) is 67.6 cm³/mol. The predicted octanol–water partition coefficient (Wildman–Crippen LogP) is 1.85. The van der Waals surface area contributed by atoms with Gasteiger partial charge in [-0.3, -0.25) is 0 Å². The SMILES string of the molecule is Cc1cc(-n2nnnc2C2CC2)cc(C(=O)O)c1C. The quantitative estimate of drug-likeness (QED) is 0.908. The summed E-state index contributed by atoms with van der Waals surface area (Å²) in [4.78, 5) is 11.3. The Morgan fingerprint density at radius 2 is 2.11 bits per heavy atom. The highest BCUT2D eigenvalue weighted by atomic mass is 16.4. The van der Waals surface area contributed by atoms with Crippen LogP contribution in [0.5, 0.6) is 0 Å². The second-order valence-electron chi connectivity index (χ2n) is 4.96. The van der Waals surface area contributed by atoms with Gasteiger partial charge < -0.3 is 5.11 Å². The molecular formula is C13H14N4O2. The molecule has 1 heterocycles. The Kier molecular flexibility index (Phi) is 2.58. The minimum atomic E-state index is -0.927. The van der Waals surface area contributed by atoms with E-state index in [1.54, 1.807) is 10.7 Å². The zero-order valence-electron chi connectivity index (χ0n) is 10.8. The van der Waals surface area contributed by atoms with E-state index < -0.39 is 5.97 Å². The molecule has 0 aliphatic heterocycles. The Morgan fingerprint density at radius 3 is 2.74 bits per heavy atom. The van der Waals surface area contributed by atoms with Crippen molar-refractivity contribution in [3.8, 4) is 5.69 Å². The number of carboxylic acid groups (broad SMARTS) is 1. The van der Waals surface area contributed by atoms with E-state index in [0.29, 0.717) is 17.2 Å². The van der Waals surface area contributed by atoms with E-state index in [2.05, 4.69) is 15.5 Å². The van der Waals surface area contributed by atoms with E-state index in [1.807, 2.05) is 19.9 Å². The number of aromatic carboxylic acids is 1. The van der Waals surface area contributed by atoms with Gasteiger partial charge in [0.15, 0.2) is 5.82 Å². The van der Waals surface area contributed by atoms with E-state index in [9.17, 15) is 9.90 Å². The lowest BCUT2D eigenvalue weighted by atomic mass is 10.0. The fraction of sp³-hybridized carbons (Fsp3) is 0.385. The third kappa shape index (κ3) is 1.99. The molecule has 2 aromatic rings. The number of carbonyl (C=O) groups is 1. The van der Waals surface area contributed by atoms with Crippen LogP contribution in [-0.4, -0.2) is 31.3 Å². The Balaban J connectivity index is 2.14. The molecule has 0 unspecified atom stereocenters. The molecular weight excluding hydrogens is 244 g/mol. The molecule has 1 aromatic carbocycles. The number of hydrogen-bond acceptors (Lipinski definition) is 4. The molecule has 6 heteroatoms. The number of hydrogen-bond donors (Lipinski definition) is 1. The molecule has 3 rings (SSSR count). The first kappa shape index (κ1) is 11.8. The average Bonchev–Trinajstić information content (AvgIpc) is 3.10. The van der Waals surface area contributed by atoms with Gasteiger partial charge in [0.2, 0.25) is 0 Å². The van der Waals surface area contributed by atoms with Crippen molar-refractivity contribution in [2.45, 2.75) is 32.6 Å². The van der Waals surface area contributed by atoms with Crippen LogP contribution in [0.3, 0.4) is 0 Å². The molecule has 0 atom stereocenters. The number of aromatic nitrogens is 4. The third-order valence-electron chi connectivity index (χ3n) is 3.56. The smallest absolute Gasteiger partial charge is 0.336 e. The molecule has 0 radical (unpaired) electrons. The lowest BCUT2D eigenvalue weighted by Crippen LogP contribution is -2.07. The maximum atomic E-state index is 11.3. The topological polar surface area (TPSA) is 80.9 Å². The molecule has 1 saturated carbocycles. The minimum Gasteiger partial charge on any atom is -0.478 e. The maximum absolute atomic E-state index is 11.3. The Hall–Kier alpha value is -2.24. The second kappa shape index (κ2) is 4.15. The van der Waals surface area contributed by atoms with Gasteiger partial charge in [0.25, 0.3) is 0 Å². The largest absolute Gasteiger partial charge is 0.478 e. The number of aryl methyl sites for hydroxylation is 1. The van der Waals surface area contributed by atoms with Crippen molar-refractivity contribution in [3.63, 3.8) is 0 Å². The molecule has 1 aliphatic carbocycles. The molecule has 98 valence electrons. The van der Waals surface area contributed by atoms with Gasteiger partial charge in [-0.15, -0.1) is 5.10 Å². The average molecular weight is 258 g/mol. The fourth-order valence-electron chi connectivity index (χ4n) is 2.16. The standard InChI is InChI=1S/C13H14N4O2/c1-7-5-10(6-11(8(7)2)13(18)19)17-12(9-3-4-9)14-15-16-17/h5-6,9H,3-4H2,1-2H3,(H,18,19). The van der Waals surface area contributed by atoms with Crippen LogP contribution >= 0.6 is 0 Å². The molecule has 6 nitrogen and oxygen atoms in total. The van der Waals surface area contributed by atoms with E-state index in [-0.39, 0.29) is 0 Å².